The second kappa shape index (κ2) is 4.14. The molecule has 1 fully saturated rings. The molecule has 0 spiro atoms. The number of nitrogens with two attached hydrogens (primary N) is 1. The van der Waals surface area contributed by atoms with E-state index in [9.17, 15) is 0 Å². The zero-order chi connectivity index (χ0) is 9.97. The first-order chi connectivity index (χ1) is 6.75. The number of nitrogen functional groups attached to an aromatic ring is 1. The zero-order valence-corrected chi connectivity index (χ0v) is 9.25. The molecule has 0 bridgehead atoms. The Kier molecular flexibility index (Phi) is 2.88. The molecule has 0 radical (unpaired) electrons. The molecule has 0 unspecified atom stereocenters. The number of anilines is 2. The summed E-state index contributed by atoms with van der Waals surface area (Å²) >= 11 is 3.26. The summed E-state index contributed by atoms with van der Waals surface area (Å²) in [5, 5.41) is 3.21. The first kappa shape index (κ1) is 9.73. The average Bonchev–Trinajstić information content (AvgIpc) is 2.05. The Morgan fingerprint density at radius 2 is 2.50 bits per heavy atom. The van der Waals surface area contributed by atoms with Crippen molar-refractivity contribution in [3.05, 3.63) is 16.9 Å². The van der Waals surface area contributed by atoms with Gasteiger partial charge in [-0.3, -0.25) is 0 Å². The fraction of sp³-hybridized carbons (Fsp3) is 0.444. The molecule has 1 aliphatic rings. The van der Waals surface area contributed by atoms with E-state index >= 15 is 0 Å². The number of pyridine rings is 1. The van der Waals surface area contributed by atoms with Crippen LogP contribution < -0.4 is 11.1 Å². The maximum atomic E-state index is 5.79. The molecule has 1 aliphatic heterocycles. The molecule has 5 heteroatoms. The number of rotatable bonds is 3. The van der Waals surface area contributed by atoms with Crippen molar-refractivity contribution >= 4 is 27.3 Å². The van der Waals surface area contributed by atoms with E-state index in [4.69, 9.17) is 10.5 Å². The predicted molar refractivity (Wildman–Crippen MR) is 59.2 cm³/mol. The van der Waals surface area contributed by atoms with E-state index in [0.29, 0.717) is 11.8 Å². The van der Waals surface area contributed by atoms with Crippen LogP contribution in [0, 0.1) is 0 Å². The number of nitrogens with one attached hydrogen (secondary N) is 1. The minimum Gasteiger partial charge on any atom is -0.397 e. The SMILES string of the molecule is Nc1cc(Br)ncc1NC[C@@H]1CCO1. The maximum Gasteiger partial charge on any atom is 0.108 e. The summed E-state index contributed by atoms with van der Waals surface area (Å²) < 4.78 is 6.03. The molecule has 0 aromatic carbocycles. The Bertz CT molecular complexity index is 328. The number of halogens is 1. The molecule has 2 rings (SSSR count). The Hall–Kier alpha value is -0.810. The topological polar surface area (TPSA) is 60.2 Å². The molecule has 14 heavy (non-hydrogen) atoms. The van der Waals surface area contributed by atoms with Crippen molar-refractivity contribution in [2.24, 2.45) is 0 Å². The van der Waals surface area contributed by atoms with E-state index in [0.717, 1.165) is 29.9 Å². The molecule has 1 atom stereocenters. The number of aromatic nitrogens is 1. The van der Waals surface area contributed by atoms with Gasteiger partial charge in [-0.2, -0.15) is 0 Å². The fourth-order valence-electron chi connectivity index (χ4n) is 1.26. The van der Waals surface area contributed by atoms with Crippen molar-refractivity contribution in [1.29, 1.82) is 0 Å². The number of hydrogen-bond acceptors (Lipinski definition) is 4. The number of hydrogen-bond donors (Lipinski definition) is 2. The van der Waals surface area contributed by atoms with Crippen LogP contribution in [0.15, 0.2) is 16.9 Å². The van der Waals surface area contributed by atoms with Crippen LogP contribution in [-0.4, -0.2) is 24.2 Å². The van der Waals surface area contributed by atoms with E-state index in [1.807, 2.05) is 0 Å². The lowest BCUT2D eigenvalue weighted by Crippen LogP contribution is -2.33. The quantitative estimate of drug-likeness (QED) is 0.809. The van der Waals surface area contributed by atoms with Gasteiger partial charge in [-0.05, 0) is 28.4 Å². The van der Waals surface area contributed by atoms with Gasteiger partial charge in [0.05, 0.1) is 23.7 Å². The van der Waals surface area contributed by atoms with E-state index in [1.165, 1.54) is 0 Å². The van der Waals surface area contributed by atoms with Gasteiger partial charge in [-0.15, -0.1) is 0 Å². The highest BCUT2D eigenvalue weighted by Crippen LogP contribution is 2.21. The summed E-state index contributed by atoms with van der Waals surface area (Å²) in [6.45, 7) is 1.67. The van der Waals surface area contributed by atoms with Gasteiger partial charge in [0.25, 0.3) is 0 Å². The minimum absolute atomic E-state index is 0.332. The van der Waals surface area contributed by atoms with Crippen molar-refractivity contribution in [2.45, 2.75) is 12.5 Å². The normalized spacial score (nSPS) is 20.2. The van der Waals surface area contributed by atoms with Crippen LogP contribution in [0.2, 0.25) is 0 Å². The third-order valence-corrected chi connectivity index (χ3v) is 2.65. The molecule has 1 aromatic rings. The fourth-order valence-corrected chi connectivity index (χ4v) is 1.61. The van der Waals surface area contributed by atoms with Crippen LogP contribution in [0.5, 0.6) is 0 Å². The molecule has 0 aliphatic carbocycles. The van der Waals surface area contributed by atoms with Gasteiger partial charge in [0.2, 0.25) is 0 Å². The highest BCUT2D eigenvalue weighted by Gasteiger charge is 2.17. The van der Waals surface area contributed by atoms with E-state index in [2.05, 4.69) is 26.2 Å². The van der Waals surface area contributed by atoms with Gasteiger partial charge in [-0.1, -0.05) is 0 Å². The van der Waals surface area contributed by atoms with Gasteiger partial charge >= 0.3 is 0 Å². The van der Waals surface area contributed by atoms with E-state index < -0.39 is 0 Å². The molecule has 4 nitrogen and oxygen atoms in total. The lowest BCUT2D eigenvalue weighted by atomic mass is 10.2. The summed E-state index contributed by atoms with van der Waals surface area (Å²) in [6.07, 6.45) is 3.17. The molecular weight excluding hydrogens is 246 g/mol. The largest absolute Gasteiger partial charge is 0.397 e. The molecule has 2 heterocycles. The molecule has 1 saturated heterocycles. The maximum absolute atomic E-state index is 5.79. The number of ether oxygens (including phenoxy) is 1. The van der Waals surface area contributed by atoms with Crippen molar-refractivity contribution in [3.8, 4) is 0 Å². The average molecular weight is 258 g/mol. The summed E-state index contributed by atoms with van der Waals surface area (Å²) in [7, 11) is 0. The van der Waals surface area contributed by atoms with Gasteiger partial charge < -0.3 is 15.8 Å². The van der Waals surface area contributed by atoms with Crippen LogP contribution in [0.1, 0.15) is 6.42 Å². The molecule has 0 amide bonds. The monoisotopic (exact) mass is 257 g/mol. The molecule has 76 valence electrons. The Labute approximate surface area is 91.0 Å². The second-order valence-electron chi connectivity index (χ2n) is 3.26. The lowest BCUT2D eigenvalue weighted by molar-refractivity contribution is -0.0410. The zero-order valence-electron chi connectivity index (χ0n) is 7.66. The van der Waals surface area contributed by atoms with Crippen LogP contribution in [0.25, 0.3) is 0 Å². The van der Waals surface area contributed by atoms with Gasteiger partial charge in [-0.25, -0.2) is 4.98 Å². The summed E-state index contributed by atoms with van der Waals surface area (Å²) in [6, 6.07) is 1.78. The van der Waals surface area contributed by atoms with Crippen molar-refractivity contribution in [3.63, 3.8) is 0 Å². The Balaban J connectivity index is 1.94. The smallest absolute Gasteiger partial charge is 0.108 e. The van der Waals surface area contributed by atoms with Crippen LogP contribution in [0.3, 0.4) is 0 Å². The molecule has 1 aromatic heterocycles. The lowest BCUT2D eigenvalue weighted by Gasteiger charge is -2.27. The highest BCUT2D eigenvalue weighted by atomic mass is 79.9. The summed E-state index contributed by atoms with van der Waals surface area (Å²) in [4.78, 5) is 4.10. The number of nitrogens with zero attached hydrogens (tertiary/aromatic N) is 1. The van der Waals surface area contributed by atoms with Crippen molar-refractivity contribution in [1.82, 2.24) is 4.98 Å². The van der Waals surface area contributed by atoms with Crippen molar-refractivity contribution < 1.29 is 4.74 Å². The van der Waals surface area contributed by atoms with Gasteiger partial charge in [0.1, 0.15) is 4.60 Å². The van der Waals surface area contributed by atoms with Crippen LogP contribution in [-0.2, 0) is 4.74 Å². The Morgan fingerprint density at radius 1 is 1.71 bits per heavy atom. The van der Waals surface area contributed by atoms with Crippen LogP contribution in [0.4, 0.5) is 11.4 Å². The molecular formula is C9H12BrN3O. The van der Waals surface area contributed by atoms with Crippen molar-refractivity contribution in [2.75, 3.05) is 24.2 Å². The predicted octanol–water partition coefficient (Wildman–Crippen LogP) is 1.63. The minimum atomic E-state index is 0.332. The first-order valence-corrected chi connectivity index (χ1v) is 5.31. The Morgan fingerprint density at radius 3 is 3.07 bits per heavy atom. The summed E-state index contributed by atoms with van der Waals surface area (Å²) in [5.74, 6) is 0. The van der Waals surface area contributed by atoms with Gasteiger partial charge in [0, 0.05) is 13.2 Å². The van der Waals surface area contributed by atoms with Crippen LogP contribution >= 0.6 is 15.9 Å². The van der Waals surface area contributed by atoms with E-state index in [-0.39, 0.29) is 0 Å². The third kappa shape index (κ3) is 2.16. The first-order valence-electron chi connectivity index (χ1n) is 4.52. The van der Waals surface area contributed by atoms with E-state index in [1.54, 1.807) is 12.3 Å². The summed E-state index contributed by atoms with van der Waals surface area (Å²) in [5.41, 5.74) is 7.36. The molecule has 3 N–H and O–H groups in total. The standard InChI is InChI=1S/C9H12BrN3O/c10-9-3-7(11)8(5-13-9)12-4-6-1-2-14-6/h3,5-6,12H,1-2,4H2,(H2,11,13)/t6-/m0/s1. The second-order valence-corrected chi connectivity index (χ2v) is 4.07. The highest BCUT2D eigenvalue weighted by molar-refractivity contribution is 9.10. The third-order valence-electron chi connectivity index (χ3n) is 2.22. The van der Waals surface area contributed by atoms with Gasteiger partial charge in [0.15, 0.2) is 0 Å². The molecule has 0 saturated carbocycles.